The Morgan fingerprint density at radius 1 is 1.32 bits per heavy atom. The van der Waals surface area contributed by atoms with Gasteiger partial charge in [-0.15, -0.1) is 0 Å². The fourth-order valence-corrected chi connectivity index (χ4v) is 2.43. The Morgan fingerprint density at radius 2 is 2.05 bits per heavy atom. The third-order valence-electron chi connectivity index (χ3n) is 3.82. The van der Waals surface area contributed by atoms with Gasteiger partial charge in [0.1, 0.15) is 5.69 Å². The smallest absolute Gasteiger partial charge is 0.272 e. The SMILES string of the molecule is CCC1(N)CN(C(=O)c2ccc3ccccc3n2)C1. The highest BCUT2D eigenvalue weighted by Gasteiger charge is 2.40. The van der Waals surface area contributed by atoms with Crippen LogP contribution >= 0.6 is 0 Å². The Labute approximate surface area is 112 Å². The monoisotopic (exact) mass is 255 g/mol. The third kappa shape index (κ3) is 2.08. The van der Waals surface area contributed by atoms with Crippen molar-refractivity contribution in [2.24, 2.45) is 5.73 Å². The lowest BCUT2D eigenvalue weighted by Crippen LogP contribution is -2.68. The molecule has 1 aliphatic rings. The zero-order valence-corrected chi connectivity index (χ0v) is 11.0. The molecule has 4 heteroatoms. The molecule has 1 amide bonds. The maximum Gasteiger partial charge on any atom is 0.272 e. The predicted octanol–water partition coefficient (Wildman–Crippen LogP) is 1.80. The molecule has 1 aliphatic heterocycles. The molecule has 0 radical (unpaired) electrons. The number of likely N-dealkylation sites (tertiary alicyclic amines) is 1. The zero-order chi connectivity index (χ0) is 13.5. The molecule has 0 atom stereocenters. The Bertz CT molecular complexity index is 632. The van der Waals surface area contributed by atoms with Crippen LogP contribution in [0.5, 0.6) is 0 Å². The van der Waals surface area contributed by atoms with Crippen LogP contribution in [0.1, 0.15) is 23.8 Å². The first kappa shape index (κ1) is 12.1. The summed E-state index contributed by atoms with van der Waals surface area (Å²) in [6, 6.07) is 11.5. The molecule has 1 saturated heterocycles. The molecule has 0 unspecified atom stereocenters. The van der Waals surface area contributed by atoms with Gasteiger partial charge in [0.15, 0.2) is 0 Å². The molecule has 1 aromatic carbocycles. The van der Waals surface area contributed by atoms with E-state index in [1.807, 2.05) is 30.3 Å². The molecule has 98 valence electrons. The second-order valence-corrected chi connectivity index (χ2v) is 5.27. The fourth-order valence-electron chi connectivity index (χ4n) is 2.43. The lowest BCUT2D eigenvalue weighted by Gasteiger charge is -2.47. The summed E-state index contributed by atoms with van der Waals surface area (Å²) in [5, 5.41) is 1.05. The van der Waals surface area contributed by atoms with Crippen molar-refractivity contribution in [2.75, 3.05) is 13.1 Å². The topological polar surface area (TPSA) is 59.2 Å². The third-order valence-corrected chi connectivity index (χ3v) is 3.82. The van der Waals surface area contributed by atoms with E-state index in [1.165, 1.54) is 0 Å². The van der Waals surface area contributed by atoms with Crippen molar-refractivity contribution in [3.05, 3.63) is 42.1 Å². The van der Waals surface area contributed by atoms with Gasteiger partial charge in [-0.25, -0.2) is 4.98 Å². The minimum absolute atomic E-state index is 0.0275. The molecule has 0 aliphatic carbocycles. The maximum absolute atomic E-state index is 12.3. The van der Waals surface area contributed by atoms with Crippen LogP contribution in [0.3, 0.4) is 0 Å². The number of amides is 1. The maximum atomic E-state index is 12.3. The molecule has 2 heterocycles. The van der Waals surface area contributed by atoms with E-state index in [2.05, 4.69) is 11.9 Å². The molecule has 1 aromatic heterocycles. The molecule has 1 fully saturated rings. The molecule has 19 heavy (non-hydrogen) atoms. The van der Waals surface area contributed by atoms with Crippen LogP contribution in [0, 0.1) is 0 Å². The Hall–Kier alpha value is -1.94. The van der Waals surface area contributed by atoms with Crippen LogP contribution in [0.15, 0.2) is 36.4 Å². The van der Waals surface area contributed by atoms with Crippen molar-refractivity contribution in [1.82, 2.24) is 9.88 Å². The van der Waals surface area contributed by atoms with Crippen LogP contribution in [-0.4, -0.2) is 34.4 Å². The van der Waals surface area contributed by atoms with Gasteiger partial charge >= 0.3 is 0 Å². The standard InChI is InChI=1S/C15H17N3O/c1-2-15(16)9-18(10-15)14(19)13-8-7-11-5-3-4-6-12(11)17-13/h3-8H,2,9-10,16H2,1H3. The number of fused-ring (bicyclic) bond motifs is 1. The van der Waals surface area contributed by atoms with E-state index >= 15 is 0 Å². The van der Waals surface area contributed by atoms with Crippen LogP contribution in [0.2, 0.25) is 0 Å². The number of para-hydroxylation sites is 1. The molecular formula is C15H17N3O. The van der Waals surface area contributed by atoms with Crippen molar-refractivity contribution in [3.63, 3.8) is 0 Å². The fraction of sp³-hybridized carbons (Fsp3) is 0.333. The van der Waals surface area contributed by atoms with Gasteiger partial charge < -0.3 is 10.6 Å². The lowest BCUT2D eigenvalue weighted by molar-refractivity contribution is 0.0396. The minimum atomic E-state index is -0.202. The molecule has 2 N–H and O–H groups in total. The molecule has 0 spiro atoms. The summed E-state index contributed by atoms with van der Waals surface area (Å²) >= 11 is 0. The summed E-state index contributed by atoms with van der Waals surface area (Å²) in [6.45, 7) is 3.30. The second kappa shape index (κ2) is 4.31. The number of carbonyl (C=O) groups is 1. The van der Waals surface area contributed by atoms with Gasteiger partial charge in [0.2, 0.25) is 0 Å². The number of hydrogen-bond donors (Lipinski definition) is 1. The van der Waals surface area contributed by atoms with Crippen LogP contribution in [0.25, 0.3) is 10.9 Å². The number of nitrogens with two attached hydrogens (primary N) is 1. The van der Waals surface area contributed by atoms with Gasteiger partial charge in [-0.1, -0.05) is 31.2 Å². The Kier molecular flexibility index (Phi) is 2.75. The molecule has 4 nitrogen and oxygen atoms in total. The van der Waals surface area contributed by atoms with Crippen molar-refractivity contribution in [2.45, 2.75) is 18.9 Å². The van der Waals surface area contributed by atoms with Gasteiger partial charge in [0.05, 0.1) is 11.1 Å². The molecule has 0 saturated carbocycles. The van der Waals surface area contributed by atoms with Gasteiger partial charge in [-0.05, 0) is 18.6 Å². The van der Waals surface area contributed by atoms with E-state index in [1.54, 1.807) is 11.0 Å². The van der Waals surface area contributed by atoms with E-state index in [9.17, 15) is 4.79 Å². The molecule has 0 bridgehead atoms. The Morgan fingerprint density at radius 3 is 2.79 bits per heavy atom. The average molecular weight is 255 g/mol. The largest absolute Gasteiger partial charge is 0.333 e. The normalized spacial score (nSPS) is 17.3. The number of pyridine rings is 1. The highest BCUT2D eigenvalue weighted by molar-refractivity contribution is 5.95. The van der Waals surface area contributed by atoms with E-state index in [4.69, 9.17) is 5.73 Å². The minimum Gasteiger partial charge on any atom is -0.333 e. The first-order valence-electron chi connectivity index (χ1n) is 6.55. The van der Waals surface area contributed by atoms with Crippen molar-refractivity contribution in [1.29, 1.82) is 0 Å². The quantitative estimate of drug-likeness (QED) is 0.890. The number of hydrogen-bond acceptors (Lipinski definition) is 3. The first-order valence-corrected chi connectivity index (χ1v) is 6.55. The van der Waals surface area contributed by atoms with Crippen molar-refractivity contribution in [3.8, 4) is 0 Å². The summed E-state index contributed by atoms with van der Waals surface area (Å²) in [4.78, 5) is 18.5. The van der Waals surface area contributed by atoms with Gasteiger partial charge in [-0.3, -0.25) is 4.79 Å². The summed E-state index contributed by atoms with van der Waals surface area (Å²) < 4.78 is 0. The Balaban J connectivity index is 1.83. The highest BCUT2D eigenvalue weighted by atomic mass is 16.2. The molecule has 3 rings (SSSR count). The van der Waals surface area contributed by atoms with Crippen molar-refractivity contribution < 1.29 is 4.79 Å². The average Bonchev–Trinajstić information content (AvgIpc) is 2.42. The van der Waals surface area contributed by atoms with Crippen LogP contribution < -0.4 is 5.73 Å². The van der Waals surface area contributed by atoms with E-state index in [0.717, 1.165) is 17.3 Å². The summed E-state index contributed by atoms with van der Waals surface area (Å²) in [5.41, 5.74) is 7.23. The highest BCUT2D eigenvalue weighted by Crippen LogP contribution is 2.23. The van der Waals surface area contributed by atoms with Gasteiger partial charge in [-0.2, -0.15) is 0 Å². The van der Waals surface area contributed by atoms with E-state index in [-0.39, 0.29) is 11.4 Å². The number of rotatable bonds is 2. The van der Waals surface area contributed by atoms with Crippen molar-refractivity contribution >= 4 is 16.8 Å². The first-order chi connectivity index (χ1) is 9.11. The summed E-state index contributed by atoms with van der Waals surface area (Å²) in [7, 11) is 0. The summed E-state index contributed by atoms with van der Waals surface area (Å²) in [6.07, 6.45) is 0.891. The van der Waals surface area contributed by atoms with Gasteiger partial charge in [0.25, 0.3) is 5.91 Å². The van der Waals surface area contributed by atoms with E-state index in [0.29, 0.717) is 18.8 Å². The zero-order valence-electron chi connectivity index (χ0n) is 11.0. The predicted molar refractivity (Wildman–Crippen MR) is 74.9 cm³/mol. The molecular weight excluding hydrogens is 238 g/mol. The van der Waals surface area contributed by atoms with Crippen LogP contribution in [0.4, 0.5) is 0 Å². The van der Waals surface area contributed by atoms with Gasteiger partial charge in [0, 0.05) is 18.5 Å². The number of aromatic nitrogens is 1. The number of benzene rings is 1. The molecule has 2 aromatic rings. The lowest BCUT2D eigenvalue weighted by atomic mass is 9.88. The van der Waals surface area contributed by atoms with E-state index < -0.39 is 0 Å². The summed E-state index contributed by atoms with van der Waals surface area (Å²) in [5.74, 6) is -0.0275. The second-order valence-electron chi connectivity index (χ2n) is 5.27. The number of nitrogens with zero attached hydrogens (tertiary/aromatic N) is 2. The number of carbonyl (C=O) groups excluding carboxylic acids is 1. The van der Waals surface area contributed by atoms with Crippen LogP contribution in [-0.2, 0) is 0 Å².